The second-order valence-electron chi connectivity index (χ2n) is 13.3. The third kappa shape index (κ3) is 4.12. The summed E-state index contributed by atoms with van der Waals surface area (Å²) < 4.78 is 50.0. The molecule has 0 aromatic heterocycles. The molecule has 3 N–H and O–H groups in total. The minimum atomic E-state index is -4.33. The first kappa shape index (κ1) is 32.4. The zero-order valence-corrected chi connectivity index (χ0v) is 29.6. The van der Waals surface area contributed by atoms with Gasteiger partial charge in [0.25, 0.3) is 0 Å². The Morgan fingerprint density at radius 3 is 2.38 bits per heavy atom. The minimum Gasteiger partial charge on any atom is -0.392 e. The van der Waals surface area contributed by atoms with E-state index in [2.05, 4.69) is 80.8 Å². The molecule has 11 atom stereocenters. The van der Waals surface area contributed by atoms with E-state index in [9.17, 15) is 33.3 Å². The topological polar surface area (TPSA) is 96.2 Å². The van der Waals surface area contributed by atoms with Gasteiger partial charge in [-0.15, -0.1) is 0 Å². The number of aliphatic hydroxyl groups excluding tert-OH is 3. The number of Topliss-reactive ketones (excluding diaryl/α,β-unsaturated/α-hetero) is 1. The van der Waals surface area contributed by atoms with E-state index < -0.39 is 76.3 Å². The molecule has 42 heavy (non-hydrogen) atoms. The van der Waals surface area contributed by atoms with E-state index in [0.29, 0.717) is 18.4 Å². The smallest absolute Gasteiger partial charge is 0.392 e. The number of halogens is 6. The van der Waals surface area contributed by atoms with Crippen LogP contribution in [0.15, 0.2) is 36.4 Å². The Kier molecular flexibility index (Phi) is 7.86. The summed E-state index contributed by atoms with van der Waals surface area (Å²) in [6.07, 6.45) is -1.71. The second-order valence-corrected chi connectivity index (χ2v) is 18.7. The second kappa shape index (κ2) is 10.2. The van der Waals surface area contributed by atoms with Crippen LogP contribution in [0.25, 0.3) is 0 Å². The zero-order valence-electron chi connectivity index (χ0n) is 23.1. The standard InChI is InChI=1S/C30H34F3I3O6/c1-24-9-8-19(38)11-18(24)7-10-27(34)28(35)15-26(21(40)14-37)23(25(28,2)13-20(39)30(24,27)36)41-22(42-26)17-5-3-16(4-6-17)12-29(31,32)33/h3-6,8-9,18-20,22-23,37-39H,7,10-15H2,1-2H3/t18?,19?,20?,22-,23-,24-,25+,26-,27+,28-,30-/m0/s1. The molecule has 1 aliphatic heterocycles. The summed E-state index contributed by atoms with van der Waals surface area (Å²) in [6.45, 7) is 3.48. The monoisotopic (exact) mass is 928 g/mol. The van der Waals surface area contributed by atoms with Crippen LogP contribution in [-0.2, 0) is 20.7 Å². The Balaban J connectivity index is 1.41. The van der Waals surface area contributed by atoms with Crippen LogP contribution in [0.3, 0.4) is 0 Å². The number of aliphatic hydroxyl groups is 3. The molecule has 232 valence electrons. The van der Waals surface area contributed by atoms with Crippen molar-refractivity contribution in [3.63, 3.8) is 0 Å². The highest BCUT2D eigenvalue weighted by Crippen LogP contribution is 2.80. The lowest BCUT2D eigenvalue weighted by atomic mass is 9.45. The van der Waals surface area contributed by atoms with Gasteiger partial charge in [-0.25, -0.2) is 0 Å². The minimum absolute atomic E-state index is 0.109. The van der Waals surface area contributed by atoms with Gasteiger partial charge in [-0.3, -0.25) is 4.79 Å². The fourth-order valence-corrected chi connectivity index (χ4v) is 15.0. The van der Waals surface area contributed by atoms with E-state index in [4.69, 9.17) is 9.47 Å². The van der Waals surface area contributed by atoms with Crippen molar-refractivity contribution in [1.29, 1.82) is 0 Å². The molecule has 4 aliphatic carbocycles. The number of rotatable bonds is 4. The van der Waals surface area contributed by atoms with Gasteiger partial charge in [0.1, 0.15) is 12.7 Å². The molecule has 3 saturated carbocycles. The third-order valence-electron chi connectivity index (χ3n) is 11.2. The first-order valence-electron chi connectivity index (χ1n) is 14.2. The molecule has 0 bridgehead atoms. The van der Waals surface area contributed by atoms with Gasteiger partial charge in [-0.05, 0) is 37.2 Å². The van der Waals surface area contributed by atoms with E-state index in [1.807, 2.05) is 13.0 Å². The summed E-state index contributed by atoms with van der Waals surface area (Å²) in [7, 11) is 0. The Labute approximate surface area is 284 Å². The van der Waals surface area contributed by atoms with Crippen molar-refractivity contribution >= 4 is 73.6 Å². The lowest BCUT2D eigenvalue weighted by Gasteiger charge is -2.72. The summed E-state index contributed by atoms with van der Waals surface area (Å²) in [6, 6.07) is 5.83. The Morgan fingerprint density at radius 1 is 1.10 bits per heavy atom. The molecule has 0 radical (unpaired) electrons. The van der Waals surface area contributed by atoms with Crippen LogP contribution < -0.4 is 0 Å². The van der Waals surface area contributed by atoms with E-state index in [1.54, 1.807) is 0 Å². The van der Waals surface area contributed by atoms with Gasteiger partial charge in [-0.1, -0.05) is 118 Å². The van der Waals surface area contributed by atoms with Gasteiger partial charge in [0.2, 0.25) is 0 Å². The summed E-state index contributed by atoms with van der Waals surface area (Å²) in [5, 5.41) is 32.8. The predicted octanol–water partition coefficient (Wildman–Crippen LogP) is 5.94. The molecule has 6 rings (SSSR count). The number of alkyl halides is 6. The van der Waals surface area contributed by atoms with Gasteiger partial charge in [0.05, 0.1) is 25.5 Å². The molecule has 1 aromatic rings. The molecule has 1 saturated heterocycles. The molecule has 1 heterocycles. The van der Waals surface area contributed by atoms with Crippen LogP contribution in [0, 0.1) is 16.7 Å². The molecule has 0 spiro atoms. The number of carbonyl (C=O) groups excluding carboxylic acids is 1. The number of fused-ring (bicyclic) bond motifs is 7. The summed E-state index contributed by atoms with van der Waals surface area (Å²) in [5.74, 6) is -0.313. The first-order valence-corrected chi connectivity index (χ1v) is 17.4. The maximum absolute atomic E-state index is 13.7. The first-order chi connectivity index (χ1) is 19.4. The number of hydrogen-bond acceptors (Lipinski definition) is 6. The Hall–Kier alpha value is 0.410. The highest BCUT2D eigenvalue weighted by molar-refractivity contribution is 14.1. The summed E-state index contributed by atoms with van der Waals surface area (Å²) >= 11 is 7.50. The zero-order chi connectivity index (χ0) is 30.7. The molecule has 5 aliphatic rings. The Bertz CT molecular complexity index is 1310. The van der Waals surface area contributed by atoms with Gasteiger partial charge in [-0.2, -0.15) is 13.2 Å². The van der Waals surface area contributed by atoms with Gasteiger partial charge in [0, 0.05) is 26.2 Å². The Morgan fingerprint density at radius 2 is 1.76 bits per heavy atom. The van der Waals surface area contributed by atoms with E-state index in [1.165, 1.54) is 24.3 Å². The van der Waals surface area contributed by atoms with Crippen molar-refractivity contribution in [1.82, 2.24) is 0 Å². The van der Waals surface area contributed by atoms with E-state index in [-0.39, 0.29) is 17.9 Å². The van der Waals surface area contributed by atoms with Crippen molar-refractivity contribution in [3.05, 3.63) is 47.5 Å². The molecule has 3 unspecified atom stereocenters. The average molecular weight is 928 g/mol. The fourth-order valence-electron chi connectivity index (χ4n) is 9.09. The fraction of sp³-hybridized carbons (Fsp3) is 0.700. The van der Waals surface area contributed by atoms with Crippen molar-refractivity contribution in [2.45, 2.75) is 99.0 Å². The van der Waals surface area contributed by atoms with Crippen LogP contribution >= 0.6 is 67.8 Å². The molecule has 6 nitrogen and oxygen atoms in total. The summed E-state index contributed by atoms with van der Waals surface area (Å²) in [4.78, 5) is 13.7. The largest absolute Gasteiger partial charge is 0.393 e. The molecule has 1 aromatic carbocycles. The van der Waals surface area contributed by atoms with Crippen molar-refractivity contribution in [2.75, 3.05) is 6.61 Å². The van der Waals surface area contributed by atoms with Crippen LogP contribution in [0.4, 0.5) is 13.2 Å². The normalized spacial score (nSPS) is 49.6. The van der Waals surface area contributed by atoms with Crippen LogP contribution in [0.2, 0.25) is 0 Å². The quantitative estimate of drug-likeness (QED) is 0.197. The maximum Gasteiger partial charge on any atom is 0.393 e. The number of hydrogen-bond donors (Lipinski definition) is 3. The highest BCUT2D eigenvalue weighted by atomic mass is 127. The van der Waals surface area contributed by atoms with Crippen LogP contribution in [0.1, 0.15) is 63.4 Å². The van der Waals surface area contributed by atoms with Gasteiger partial charge >= 0.3 is 6.18 Å². The van der Waals surface area contributed by atoms with Crippen molar-refractivity contribution in [2.24, 2.45) is 16.7 Å². The van der Waals surface area contributed by atoms with Crippen LogP contribution in [-0.4, -0.2) is 68.1 Å². The number of carbonyl (C=O) groups is 1. The molecule has 0 amide bonds. The predicted molar refractivity (Wildman–Crippen MR) is 174 cm³/mol. The molecular formula is C30H34F3I3O6. The van der Waals surface area contributed by atoms with E-state index in [0.717, 1.165) is 12.8 Å². The number of ether oxygens (including phenoxy) is 2. The van der Waals surface area contributed by atoms with E-state index >= 15 is 0 Å². The lowest BCUT2D eigenvalue weighted by molar-refractivity contribution is -0.153. The lowest BCUT2D eigenvalue weighted by Crippen LogP contribution is -2.79. The number of benzene rings is 1. The van der Waals surface area contributed by atoms with Gasteiger partial charge in [0.15, 0.2) is 17.7 Å². The molecular weight excluding hydrogens is 894 g/mol. The van der Waals surface area contributed by atoms with Crippen LogP contribution in [0.5, 0.6) is 0 Å². The molecule has 4 fully saturated rings. The van der Waals surface area contributed by atoms with Crippen molar-refractivity contribution in [3.8, 4) is 0 Å². The SMILES string of the molecule is C[C@]12C=CC(O)CC1CC[C@@]1(I)[C@]3(I)C[C@@]4(C(=O)CO)O[C@@H](c5ccc(CC(F)(F)F)cc5)O[C@H]4[C@@]3(C)CC(O)[C@@]12I. The van der Waals surface area contributed by atoms with Gasteiger partial charge < -0.3 is 24.8 Å². The van der Waals surface area contributed by atoms with Crippen molar-refractivity contribution < 1.29 is 42.8 Å². The highest BCUT2D eigenvalue weighted by Gasteiger charge is 2.86. The number of allylic oxidation sites excluding steroid dienone is 1. The summed E-state index contributed by atoms with van der Waals surface area (Å²) in [5.41, 5.74) is -2.06. The third-order valence-corrected chi connectivity index (χ3v) is 20.9. The number of ketones is 1. The maximum atomic E-state index is 13.7. The average Bonchev–Trinajstić information content (AvgIpc) is 3.38. The molecule has 12 heteroatoms.